The molecule has 15 heavy (non-hydrogen) atoms. The van der Waals surface area contributed by atoms with Gasteiger partial charge in [0, 0.05) is 24.3 Å². The summed E-state index contributed by atoms with van der Waals surface area (Å²) in [5, 5.41) is 6.19. The number of hydrogen-bond donors (Lipinski definition) is 2. The van der Waals surface area contributed by atoms with Gasteiger partial charge in [0.05, 0.1) is 0 Å². The fraction of sp³-hybridized carbons (Fsp3) is 0.900. The van der Waals surface area contributed by atoms with Gasteiger partial charge in [0.15, 0.2) is 0 Å². The van der Waals surface area contributed by atoms with Gasteiger partial charge >= 0.3 is 0 Å². The third-order valence-electron chi connectivity index (χ3n) is 2.00. The molecule has 5 heteroatoms. The van der Waals surface area contributed by atoms with Crippen molar-refractivity contribution >= 4 is 30.1 Å². The van der Waals surface area contributed by atoms with Gasteiger partial charge < -0.3 is 10.6 Å². The quantitative estimate of drug-likeness (QED) is 0.724. The lowest BCUT2D eigenvalue weighted by Crippen LogP contribution is -2.41. The van der Waals surface area contributed by atoms with E-state index in [0.717, 1.165) is 12.3 Å². The highest BCUT2D eigenvalue weighted by molar-refractivity contribution is 7.98. The maximum atomic E-state index is 11.5. The van der Waals surface area contributed by atoms with Crippen molar-refractivity contribution in [3.8, 4) is 0 Å². The summed E-state index contributed by atoms with van der Waals surface area (Å²) in [7, 11) is 0. The minimum Gasteiger partial charge on any atom is -0.354 e. The summed E-state index contributed by atoms with van der Waals surface area (Å²) >= 11 is 1.71. The van der Waals surface area contributed by atoms with Crippen molar-refractivity contribution in [3.63, 3.8) is 0 Å². The average Bonchev–Trinajstić information content (AvgIpc) is 2.15. The predicted molar refractivity (Wildman–Crippen MR) is 70.9 cm³/mol. The molecule has 0 aromatic carbocycles. The highest BCUT2D eigenvalue weighted by atomic mass is 35.5. The van der Waals surface area contributed by atoms with E-state index in [0.29, 0.717) is 12.6 Å². The Bertz CT molecular complexity index is 170. The molecular weight excluding hydrogens is 232 g/mol. The standard InChI is InChI=1S/C10H22N2OS.ClH/c1-5-11-9(3)6-12-10(13)8(2)7-14-4;/h8-9,11H,5-7H2,1-4H3,(H,12,13);1H/t8?,9-;/m1./s1. The molecule has 0 bridgehead atoms. The molecule has 0 fully saturated rings. The van der Waals surface area contributed by atoms with Crippen LogP contribution in [0.2, 0.25) is 0 Å². The Morgan fingerprint density at radius 2 is 2.00 bits per heavy atom. The molecule has 0 aliphatic carbocycles. The highest BCUT2D eigenvalue weighted by Gasteiger charge is 2.12. The predicted octanol–water partition coefficient (Wildman–Crippen LogP) is 1.52. The largest absolute Gasteiger partial charge is 0.354 e. The van der Waals surface area contributed by atoms with Crippen molar-refractivity contribution in [2.75, 3.05) is 25.1 Å². The van der Waals surface area contributed by atoms with Crippen molar-refractivity contribution in [2.45, 2.75) is 26.8 Å². The lowest BCUT2D eigenvalue weighted by Gasteiger charge is -2.15. The minimum atomic E-state index is 0. The number of rotatable bonds is 7. The maximum absolute atomic E-state index is 11.5. The Morgan fingerprint density at radius 3 is 2.47 bits per heavy atom. The zero-order valence-electron chi connectivity index (χ0n) is 10.0. The summed E-state index contributed by atoms with van der Waals surface area (Å²) in [5.74, 6) is 1.16. The van der Waals surface area contributed by atoms with Crippen LogP contribution in [0.25, 0.3) is 0 Å². The fourth-order valence-corrected chi connectivity index (χ4v) is 1.83. The van der Waals surface area contributed by atoms with Gasteiger partial charge in [-0.1, -0.05) is 13.8 Å². The first-order chi connectivity index (χ1) is 6.61. The molecule has 1 amide bonds. The molecule has 3 nitrogen and oxygen atoms in total. The molecule has 0 saturated heterocycles. The van der Waals surface area contributed by atoms with Crippen LogP contribution in [0.4, 0.5) is 0 Å². The molecule has 0 aliphatic rings. The zero-order valence-corrected chi connectivity index (χ0v) is 11.6. The van der Waals surface area contributed by atoms with Crippen LogP contribution < -0.4 is 10.6 Å². The Labute approximate surface area is 104 Å². The molecule has 0 saturated carbocycles. The number of likely N-dealkylation sites (N-methyl/N-ethyl adjacent to an activating group) is 1. The van der Waals surface area contributed by atoms with Crippen LogP contribution in [0.5, 0.6) is 0 Å². The van der Waals surface area contributed by atoms with Crippen molar-refractivity contribution in [3.05, 3.63) is 0 Å². The summed E-state index contributed by atoms with van der Waals surface area (Å²) < 4.78 is 0. The van der Waals surface area contributed by atoms with Gasteiger partial charge in [-0.15, -0.1) is 12.4 Å². The SMILES string of the molecule is CCN[C@H](C)CNC(=O)C(C)CSC.Cl. The average molecular weight is 255 g/mol. The van der Waals surface area contributed by atoms with Crippen molar-refractivity contribution in [1.82, 2.24) is 10.6 Å². The molecule has 1 unspecified atom stereocenters. The van der Waals surface area contributed by atoms with E-state index in [1.165, 1.54) is 0 Å². The van der Waals surface area contributed by atoms with Crippen LogP contribution in [-0.2, 0) is 4.79 Å². The Morgan fingerprint density at radius 1 is 1.40 bits per heavy atom. The summed E-state index contributed by atoms with van der Waals surface area (Å²) in [6.07, 6.45) is 2.02. The van der Waals surface area contributed by atoms with Crippen molar-refractivity contribution in [1.29, 1.82) is 0 Å². The van der Waals surface area contributed by atoms with Crippen LogP contribution >= 0.6 is 24.2 Å². The van der Waals surface area contributed by atoms with Crippen molar-refractivity contribution < 1.29 is 4.79 Å². The van der Waals surface area contributed by atoms with Crippen LogP contribution in [0.1, 0.15) is 20.8 Å². The van der Waals surface area contributed by atoms with Crippen molar-refractivity contribution in [2.24, 2.45) is 5.92 Å². The van der Waals surface area contributed by atoms with E-state index in [9.17, 15) is 4.79 Å². The second-order valence-corrected chi connectivity index (χ2v) is 4.47. The van der Waals surface area contributed by atoms with E-state index in [2.05, 4.69) is 24.5 Å². The second-order valence-electron chi connectivity index (χ2n) is 3.56. The molecule has 0 heterocycles. The topological polar surface area (TPSA) is 41.1 Å². The lowest BCUT2D eigenvalue weighted by molar-refractivity contribution is -0.123. The van der Waals surface area contributed by atoms with Crippen LogP contribution in [0.15, 0.2) is 0 Å². The number of carbonyl (C=O) groups excluding carboxylic acids is 1. The first-order valence-corrected chi connectivity index (χ1v) is 6.51. The van der Waals surface area contributed by atoms with Gasteiger partial charge in [-0.25, -0.2) is 0 Å². The monoisotopic (exact) mass is 254 g/mol. The molecule has 2 N–H and O–H groups in total. The van der Waals surface area contributed by atoms with Crippen LogP contribution in [0, 0.1) is 5.92 Å². The zero-order chi connectivity index (χ0) is 11.0. The van der Waals surface area contributed by atoms with Gasteiger partial charge in [-0.3, -0.25) is 4.79 Å². The molecule has 0 rings (SSSR count). The van der Waals surface area contributed by atoms with E-state index in [-0.39, 0.29) is 24.2 Å². The van der Waals surface area contributed by atoms with Gasteiger partial charge in [0.1, 0.15) is 0 Å². The van der Waals surface area contributed by atoms with Gasteiger partial charge in [-0.2, -0.15) is 11.8 Å². The molecule has 0 aliphatic heterocycles. The summed E-state index contributed by atoms with van der Waals surface area (Å²) in [5.41, 5.74) is 0. The normalized spacial score (nSPS) is 13.9. The second kappa shape index (κ2) is 10.6. The summed E-state index contributed by atoms with van der Waals surface area (Å²) in [6.45, 7) is 7.75. The Hall–Kier alpha value is 0.0700. The van der Waals surface area contributed by atoms with E-state index in [1.807, 2.05) is 13.2 Å². The van der Waals surface area contributed by atoms with Gasteiger partial charge in [0.2, 0.25) is 5.91 Å². The summed E-state index contributed by atoms with van der Waals surface area (Å²) in [6, 6.07) is 0.352. The number of thioether (sulfide) groups is 1. The number of nitrogens with one attached hydrogen (secondary N) is 2. The van der Waals surface area contributed by atoms with E-state index in [1.54, 1.807) is 11.8 Å². The third-order valence-corrected chi connectivity index (χ3v) is 2.83. The number of hydrogen-bond acceptors (Lipinski definition) is 3. The molecule has 0 aromatic rings. The molecule has 0 spiro atoms. The molecule has 2 atom stereocenters. The minimum absolute atomic E-state index is 0. The van der Waals surface area contributed by atoms with Crippen LogP contribution in [-0.4, -0.2) is 37.0 Å². The molecule has 0 radical (unpaired) electrons. The summed E-state index contributed by atoms with van der Waals surface area (Å²) in [4.78, 5) is 11.5. The first kappa shape index (κ1) is 17.5. The number of amides is 1. The van der Waals surface area contributed by atoms with Gasteiger partial charge in [-0.05, 0) is 19.7 Å². The smallest absolute Gasteiger partial charge is 0.223 e. The molecular formula is C10H23ClN2OS. The number of carbonyl (C=O) groups is 1. The molecule has 92 valence electrons. The van der Waals surface area contributed by atoms with E-state index >= 15 is 0 Å². The van der Waals surface area contributed by atoms with Crippen LogP contribution in [0.3, 0.4) is 0 Å². The third kappa shape index (κ3) is 9.03. The van der Waals surface area contributed by atoms with Gasteiger partial charge in [0.25, 0.3) is 0 Å². The maximum Gasteiger partial charge on any atom is 0.223 e. The Kier molecular flexibility index (Phi) is 12.3. The van der Waals surface area contributed by atoms with E-state index < -0.39 is 0 Å². The number of halogens is 1. The lowest BCUT2D eigenvalue weighted by atomic mass is 10.2. The van der Waals surface area contributed by atoms with E-state index in [4.69, 9.17) is 0 Å². The first-order valence-electron chi connectivity index (χ1n) is 5.11. The Balaban J connectivity index is 0. The highest BCUT2D eigenvalue weighted by Crippen LogP contribution is 2.03. The fourth-order valence-electron chi connectivity index (χ4n) is 1.17. The molecule has 0 aromatic heterocycles.